The predicted octanol–water partition coefficient (Wildman–Crippen LogP) is 3.47. The van der Waals surface area contributed by atoms with Gasteiger partial charge in [-0.1, -0.05) is 23.9 Å². The summed E-state index contributed by atoms with van der Waals surface area (Å²) in [4.78, 5) is 32.8. The van der Waals surface area contributed by atoms with Crippen LogP contribution in [-0.4, -0.2) is 50.0 Å². The zero-order chi connectivity index (χ0) is 24.7. The van der Waals surface area contributed by atoms with Gasteiger partial charge in [-0.25, -0.2) is 4.99 Å². The lowest BCUT2D eigenvalue weighted by molar-refractivity contribution is -0.118. The molecule has 0 aromatic heterocycles. The van der Waals surface area contributed by atoms with Gasteiger partial charge in [0.25, 0.3) is 5.91 Å². The van der Waals surface area contributed by atoms with Crippen LogP contribution in [-0.2, 0) is 9.59 Å². The fourth-order valence-corrected chi connectivity index (χ4v) is 3.79. The number of anilines is 2. The molecule has 2 aromatic rings. The zero-order valence-corrected chi connectivity index (χ0v) is 19.2. The lowest BCUT2D eigenvalue weighted by Crippen LogP contribution is -2.32. The van der Waals surface area contributed by atoms with Gasteiger partial charge in [0.2, 0.25) is 5.91 Å². The maximum atomic E-state index is 13.2. The number of hydrogen-bond donors (Lipinski definition) is 1. The van der Waals surface area contributed by atoms with Gasteiger partial charge < -0.3 is 15.0 Å². The average Bonchev–Trinajstić information content (AvgIpc) is 3.11. The van der Waals surface area contributed by atoms with Crippen LogP contribution in [0, 0.1) is 11.3 Å². The number of ether oxygens (including phenoxy) is 1. The van der Waals surface area contributed by atoms with Crippen LogP contribution in [0.15, 0.2) is 59.2 Å². The molecule has 1 heterocycles. The summed E-state index contributed by atoms with van der Waals surface area (Å²) in [5.41, 5.74) is 2.29. The van der Waals surface area contributed by atoms with Crippen molar-refractivity contribution in [3.8, 4) is 11.8 Å². The molecule has 1 aliphatic heterocycles. The first kappa shape index (κ1) is 24.7. The number of thioether (sulfide) groups is 1. The summed E-state index contributed by atoms with van der Waals surface area (Å²) in [6, 6.07) is 14.9. The van der Waals surface area contributed by atoms with Gasteiger partial charge in [0.15, 0.2) is 5.17 Å². The van der Waals surface area contributed by atoms with E-state index >= 15 is 0 Å². The van der Waals surface area contributed by atoms with Crippen LogP contribution in [0.3, 0.4) is 0 Å². The molecule has 34 heavy (non-hydrogen) atoms. The second-order valence-corrected chi connectivity index (χ2v) is 8.09. The van der Waals surface area contributed by atoms with Gasteiger partial charge in [-0.05, 0) is 48.0 Å². The maximum Gasteiger partial charge on any atom is 0.387 e. The van der Waals surface area contributed by atoms with Crippen molar-refractivity contribution in [2.75, 3.05) is 36.2 Å². The first-order valence-corrected chi connectivity index (χ1v) is 11.0. The number of nitriles is 1. The van der Waals surface area contributed by atoms with Gasteiger partial charge in [0, 0.05) is 19.8 Å². The summed E-state index contributed by atoms with van der Waals surface area (Å²) in [6.07, 6.45) is 1.63. The predicted molar refractivity (Wildman–Crippen MR) is 128 cm³/mol. The Morgan fingerprint density at radius 2 is 1.91 bits per heavy atom. The van der Waals surface area contributed by atoms with Crippen LogP contribution in [0.1, 0.15) is 5.56 Å². The number of amidine groups is 1. The molecule has 0 aliphatic carbocycles. The van der Waals surface area contributed by atoms with E-state index in [2.05, 4.69) is 15.0 Å². The highest BCUT2D eigenvalue weighted by Gasteiger charge is 2.32. The van der Waals surface area contributed by atoms with Crippen molar-refractivity contribution in [2.24, 2.45) is 4.99 Å². The summed E-state index contributed by atoms with van der Waals surface area (Å²) in [7, 11) is 3.84. The number of amides is 2. The minimum atomic E-state index is -2.97. The third-order valence-corrected chi connectivity index (χ3v) is 5.50. The molecule has 8 nitrogen and oxygen atoms in total. The average molecular weight is 486 g/mol. The van der Waals surface area contributed by atoms with E-state index in [0.29, 0.717) is 5.69 Å². The molecular formula is C23H21F2N5O3S. The zero-order valence-electron chi connectivity index (χ0n) is 18.4. The van der Waals surface area contributed by atoms with Crippen LogP contribution in [0.25, 0.3) is 6.08 Å². The number of nitrogens with zero attached hydrogens (tertiary/aromatic N) is 4. The Labute approximate surface area is 199 Å². The van der Waals surface area contributed by atoms with Crippen LogP contribution < -0.4 is 19.9 Å². The number of hydrogen-bond acceptors (Lipinski definition) is 7. The van der Waals surface area contributed by atoms with Gasteiger partial charge in [-0.2, -0.15) is 14.0 Å². The maximum absolute atomic E-state index is 13.2. The fraction of sp³-hybridized carbons (Fsp3) is 0.217. The highest BCUT2D eigenvalue weighted by atomic mass is 32.2. The lowest BCUT2D eigenvalue weighted by Gasteiger charge is -2.18. The largest absolute Gasteiger partial charge is 0.435 e. The van der Waals surface area contributed by atoms with Crippen molar-refractivity contribution < 1.29 is 23.1 Å². The van der Waals surface area contributed by atoms with E-state index in [1.54, 1.807) is 6.08 Å². The second kappa shape index (κ2) is 11.3. The molecule has 0 fully saturated rings. The normalized spacial score (nSPS) is 14.2. The van der Waals surface area contributed by atoms with E-state index in [1.165, 1.54) is 29.2 Å². The first-order valence-electron chi connectivity index (χ1n) is 10.0. The van der Waals surface area contributed by atoms with Crippen LogP contribution in [0.5, 0.6) is 5.75 Å². The number of alkyl halides is 2. The fourth-order valence-electron chi connectivity index (χ4n) is 2.94. The molecule has 0 saturated carbocycles. The molecule has 0 bridgehead atoms. The molecule has 0 spiro atoms. The van der Waals surface area contributed by atoms with Crippen molar-refractivity contribution in [1.29, 1.82) is 5.26 Å². The number of benzene rings is 2. The van der Waals surface area contributed by atoms with Gasteiger partial charge in [0.1, 0.15) is 18.0 Å². The van der Waals surface area contributed by atoms with Crippen LogP contribution in [0.4, 0.5) is 20.2 Å². The molecule has 0 radical (unpaired) electrons. The van der Waals surface area contributed by atoms with Gasteiger partial charge in [-0.3, -0.25) is 14.5 Å². The number of nitrogens with one attached hydrogen (secondary N) is 1. The minimum Gasteiger partial charge on any atom is -0.435 e. The number of halogens is 2. The van der Waals surface area contributed by atoms with Crippen LogP contribution >= 0.6 is 11.8 Å². The second-order valence-electron chi connectivity index (χ2n) is 7.15. The van der Waals surface area contributed by atoms with Crippen molar-refractivity contribution in [3.05, 3.63) is 59.8 Å². The summed E-state index contributed by atoms with van der Waals surface area (Å²) < 4.78 is 29.3. The minimum absolute atomic E-state index is 0.0517. The molecule has 11 heteroatoms. The Hall–Kier alpha value is -3.91. The van der Waals surface area contributed by atoms with E-state index in [-0.39, 0.29) is 34.8 Å². The van der Waals surface area contributed by atoms with Crippen molar-refractivity contribution in [1.82, 2.24) is 5.32 Å². The topological polar surface area (TPSA) is 98.0 Å². The Balaban J connectivity index is 1.88. The standard InChI is InChI=1S/C23H21F2N5O3S/c1-29(2)16-5-3-15(4-6-16)13-19-21(32)30(17-7-9-18(10-8-17)33-22(24)25)23(28-19)34-14-20(31)27-12-11-26/h3-10,13,22H,12,14H2,1-2H3,(H,27,31)/b19-13-. The first-order chi connectivity index (χ1) is 16.3. The van der Waals surface area contributed by atoms with Gasteiger partial charge >= 0.3 is 6.61 Å². The van der Waals surface area contributed by atoms with Gasteiger partial charge in [0.05, 0.1) is 17.5 Å². The molecule has 0 saturated heterocycles. The van der Waals surface area contributed by atoms with E-state index in [1.807, 2.05) is 49.3 Å². The monoisotopic (exact) mass is 485 g/mol. The van der Waals surface area contributed by atoms with Gasteiger partial charge in [-0.15, -0.1) is 0 Å². The number of aliphatic imine (C=N–C) groups is 1. The van der Waals surface area contributed by atoms with Crippen LogP contribution in [0.2, 0.25) is 0 Å². The summed E-state index contributed by atoms with van der Waals surface area (Å²) in [5, 5.41) is 11.3. The van der Waals surface area contributed by atoms with E-state index in [9.17, 15) is 18.4 Å². The number of carbonyl (C=O) groups excluding carboxylic acids is 2. The molecule has 2 aromatic carbocycles. The number of rotatable bonds is 8. The smallest absolute Gasteiger partial charge is 0.387 e. The SMILES string of the molecule is CN(C)c1ccc(/C=C2\N=C(SCC(=O)NCC#N)N(c3ccc(OC(F)F)cc3)C2=O)cc1. The third kappa shape index (κ3) is 6.32. The Kier molecular flexibility index (Phi) is 8.21. The Morgan fingerprint density at radius 1 is 1.24 bits per heavy atom. The number of carbonyl (C=O) groups is 2. The molecule has 1 N–H and O–H groups in total. The Bertz CT molecular complexity index is 1140. The third-order valence-electron chi connectivity index (χ3n) is 4.56. The Morgan fingerprint density at radius 3 is 2.50 bits per heavy atom. The molecule has 0 atom stereocenters. The van der Waals surface area contributed by atoms with Crippen molar-refractivity contribution in [2.45, 2.75) is 6.61 Å². The van der Waals surface area contributed by atoms with E-state index < -0.39 is 12.5 Å². The molecule has 1 aliphatic rings. The van der Waals surface area contributed by atoms with E-state index in [4.69, 9.17) is 5.26 Å². The molecule has 3 rings (SSSR count). The highest BCUT2D eigenvalue weighted by Crippen LogP contribution is 2.31. The van der Waals surface area contributed by atoms with Crippen molar-refractivity contribution in [3.63, 3.8) is 0 Å². The molecule has 2 amide bonds. The summed E-state index contributed by atoms with van der Waals surface area (Å²) >= 11 is 1.02. The van der Waals surface area contributed by atoms with E-state index in [0.717, 1.165) is 23.0 Å². The summed E-state index contributed by atoms with van der Waals surface area (Å²) in [5.74, 6) is -0.941. The highest BCUT2D eigenvalue weighted by molar-refractivity contribution is 8.14. The molecular weight excluding hydrogens is 464 g/mol. The summed E-state index contributed by atoms with van der Waals surface area (Å²) in [6.45, 7) is -3.10. The lowest BCUT2D eigenvalue weighted by atomic mass is 10.1. The molecule has 176 valence electrons. The molecule has 0 unspecified atom stereocenters. The quantitative estimate of drug-likeness (QED) is 0.454. The van der Waals surface area contributed by atoms with Crippen molar-refractivity contribution >= 4 is 46.2 Å².